The van der Waals surface area contributed by atoms with Gasteiger partial charge in [-0.15, -0.1) is 0 Å². The van der Waals surface area contributed by atoms with Crippen LogP contribution in [-0.2, 0) is 24.5 Å². The molecule has 0 radical (unpaired) electrons. The highest BCUT2D eigenvalue weighted by molar-refractivity contribution is 6.22. The number of imide groups is 2. The topological polar surface area (TPSA) is 76.2 Å². The predicted molar refractivity (Wildman–Crippen MR) is 183 cm³/mol. The highest BCUT2D eigenvalue weighted by Crippen LogP contribution is 2.36. The molecule has 0 bridgehead atoms. The molecule has 0 spiro atoms. The molecule has 2 rings (SSSR count). The van der Waals surface area contributed by atoms with Crippen molar-refractivity contribution in [2.45, 2.75) is 161 Å². The van der Waals surface area contributed by atoms with Crippen LogP contribution in [0.15, 0.2) is 30.3 Å². The number of barbiturate groups is 1. The van der Waals surface area contributed by atoms with Gasteiger partial charge in [0.15, 0.2) is 5.41 Å². The zero-order valence-electron chi connectivity index (χ0n) is 29.0. The van der Waals surface area contributed by atoms with E-state index in [2.05, 4.69) is 13.8 Å². The first-order valence-corrected chi connectivity index (χ1v) is 18.4. The summed E-state index contributed by atoms with van der Waals surface area (Å²) < 4.78 is 11.7. The van der Waals surface area contributed by atoms with E-state index in [4.69, 9.17) is 9.47 Å². The normalized spacial score (nSPS) is 15.0. The highest BCUT2D eigenvalue weighted by atomic mass is 16.5. The van der Waals surface area contributed by atoms with Crippen LogP contribution in [0.4, 0.5) is 4.79 Å². The van der Waals surface area contributed by atoms with Crippen molar-refractivity contribution in [3.8, 4) is 0 Å². The Hall–Kier alpha value is -2.25. The quantitative estimate of drug-likeness (QED) is 0.0682. The third kappa shape index (κ3) is 13.2. The van der Waals surface area contributed by atoms with Crippen molar-refractivity contribution in [2.24, 2.45) is 0 Å². The van der Waals surface area contributed by atoms with E-state index in [0.29, 0.717) is 18.8 Å². The van der Waals surface area contributed by atoms with Crippen LogP contribution in [0.2, 0.25) is 0 Å². The molecule has 0 saturated carbocycles. The number of hydrogen-bond acceptors (Lipinski definition) is 5. The van der Waals surface area contributed by atoms with Crippen molar-refractivity contribution in [3.63, 3.8) is 0 Å². The number of urea groups is 1. The zero-order chi connectivity index (χ0) is 32.6. The Kier molecular flexibility index (Phi) is 20.8. The van der Waals surface area contributed by atoms with Gasteiger partial charge in [0.25, 0.3) is 11.8 Å². The molecule has 0 aliphatic carbocycles. The van der Waals surface area contributed by atoms with E-state index < -0.39 is 23.3 Å². The Morgan fingerprint density at radius 3 is 1.22 bits per heavy atom. The summed E-state index contributed by atoms with van der Waals surface area (Å²) in [5, 5.41) is 0. The number of carbonyl (C=O) groups excluding carboxylic acids is 3. The van der Waals surface area contributed by atoms with Gasteiger partial charge in [0, 0.05) is 13.2 Å². The molecule has 0 atom stereocenters. The molecule has 4 amide bonds. The van der Waals surface area contributed by atoms with Crippen molar-refractivity contribution in [3.05, 3.63) is 35.9 Å². The van der Waals surface area contributed by atoms with Crippen molar-refractivity contribution in [1.82, 2.24) is 9.80 Å². The largest absolute Gasteiger partial charge is 0.360 e. The summed E-state index contributed by atoms with van der Waals surface area (Å²) in [7, 11) is 0. The van der Waals surface area contributed by atoms with Crippen LogP contribution in [0.3, 0.4) is 0 Å². The van der Waals surface area contributed by atoms with Gasteiger partial charge in [-0.3, -0.25) is 9.59 Å². The number of benzene rings is 1. The van der Waals surface area contributed by atoms with Crippen LogP contribution in [-0.4, -0.2) is 54.3 Å². The van der Waals surface area contributed by atoms with Crippen molar-refractivity contribution < 1.29 is 23.9 Å². The number of ether oxygens (including phenoxy) is 2. The van der Waals surface area contributed by atoms with Gasteiger partial charge >= 0.3 is 6.03 Å². The summed E-state index contributed by atoms with van der Waals surface area (Å²) in [5.74, 6) is -1.03. The van der Waals surface area contributed by atoms with Crippen LogP contribution in [0, 0.1) is 0 Å². The number of hydrogen-bond donors (Lipinski definition) is 0. The molecule has 1 aliphatic rings. The summed E-state index contributed by atoms with van der Waals surface area (Å²) in [5.41, 5.74) is -0.884. The average molecular weight is 629 g/mol. The number of rotatable bonds is 28. The molecule has 1 saturated heterocycles. The van der Waals surface area contributed by atoms with Crippen LogP contribution >= 0.6 is 0 Å². The smallest absolute Gasteiger partial charge is 0.337 e. The molecule has 1 aromatic rings. The SMILES string of the molecule is CCCCCCCCCCCCOCN1C(=O)N(COCCCCCCCCCCCC)C(=O)C(CC)(c2ccccc2)C1=O. The molecular formula is C38H64N2O5. The average Bonchev–Trinajstić information content (AvgIpc) is 3.05. The third-order valence-electron chi connectivity index (χ3n) is 9.20. The van der Waals surface area contributed by atoms with Gasteiger partial charge in [0.2, 0.25) is 0 Å². The Labute approximate surface area is 274 Å². The fourth-order valence-corrected chi connectivity index (χ4v) is 6.27. The molecule has 7 heteroatoms. The van der Waals surface area contributed by atoms with Crippen molar-refractivity contribution in [1.29, 1.82) is 0 Å². The summed E-state index contributed by atoms with van der Waals surface area (Å²) in [6.07, 6.45) is 24.7. The molecule has 0 unspecified atom stereocenters. The minimum atomic E-state index is -1.48. The first-order chi connectivity index (χ1) is 22.0. The minimum absolute atomic E-state index is 0.161. The molecule has 1 aromatic carbocycles. The van der Waals surface area contributed by atoms with Crippen LogP contribution in [0.25, 0.3) is 0 Å². The summed E-state index contributed by atoms with van der Waals surface area (Å²) in [6.45, 7) is 6.94. The van der Waals surface area contributed by atoms with Crippen LogP contribution in [0.1, 0.15) is 161 Å². The highest BCUT2D eigenvalue weighted by Gasteiger charge is 2.57. The second kappa shape index (κ2) is 24.0. The lowest BCUT2D eigenvalue weighted by atomic mass is 9.74. The molecule has 256 valence electrons. The number of nitrogens with zero attached hydrogens (tertiary/aromatic N) is 2. The fraction of sp³-hybridized carbons (Fsp3) is 0.763. The lowest BCUT2D eigenvalue weighted by molar-refractivity contribution is -0.159. The van der Waals surface area contributed by atoms with E-state index in [-0.39, 0.29) is 19.9 Å². The Balaban J connectivity index is 1.85. The first-order valence-electron chi connectivity index (χ1n) is 18.4. The standard InChI is InChI=1S/C38H64N2O5/c1-4-7-9-11-13-15-17-19-21-26-30-44-32-39-35(41)38(6-3,34-28-24-23-25-29-34)36(42)40(37(39)43)33-45-31-27-22-20-18-16-14-12-10-8-5-2/h23-25,28-29H,4-22,26-27,30-33H2,1-3H3. The lowest BCUT2D eigenvalue weighted by Gasteiger charge is -2.43. The van der Waals surface area contributed by atoms with Gasteiger partial charge in [-0.2, -0.15) is 0 Å². The second-order valence-electron chi connectivity index (χ2n) is 12.8. The molecule has 0 N–H and O–H groups in total. The summed E-state index contributed by atoms with van der Waals surface area (Å²) >= 11 is 0. The summed E-state index contributed by atoms with van der Waals surface area (Å²) in [6, 6.07) is 8.43. The van der Waals surface area contributed by atoms with Crippen LogP contribution < -0.4 is 0 Å². The van der Waals surface area contributed by atoms with E-state index >= 15 is 0 Å². The predicted octanol–water partition coefficient (Wildman–Crippen LogP) is 9.92. The fourth-order valence-electron chi connectivity index (χ4n) is 6.27. The number of unbranched alkanes of at least 4 members (excludes halogenated alkanes) is 18. The molecule has 1 heterocycles. The third-order valence-corrected chi connectivity index (χ3v) is 9.20. The maximum atomic E-state index is 13.9. The van der Waals surface area contributed by atoms with Gasteiger partial charge in [-0.1, -0.05) is 167 Å². The van der Waals surface area contributed by atoms with E-state index in [0.717, 1.165) is 35.5 Å². The Morgan fingerprint density at radius 1 is 0.511 bits per heavy atom. The Morgan fingerprint density at radius 2 is 0.867 bits per heavy atom. The number of amides is 4. The Bertz CT molecular complexity index is 887. The van der Waals surface area contributed by atoms with Gasteiger partial charge in [0.1, 0.15) is 13.5 Å². The van der Waals surface area contributed by atoms with Crippen molar-refractivity contribution >= 4 is 17.8 Å². The second-order valence-corrected chi connectivity index (χ2v) is 12.8. The van der Waals surface area contributed by atoms with Gasteiger partial charge in [-0.25, -0.2) is 14.6 Å². The maximum absolute atomic E-state index is 13.9. The molecule has 7 nitrogen and oxygen atoms in total. The van der Waals surface area contributed by atoms with E-state index in [1.807, 2.05) is 25.1 Å². The van der Waals surface area contributed by atoms with Gasteiger partial charge < -0.3 is 9.47 Å². The first kappa shape index (κ1) is 38.9. The molecule has 1 fully saturated rings. The summed E-state index contributed by atoms with van der Waals surface area (Å²) in [4.78, 5) is 43.5. The molecule has 0 aromatic heterocycles. The minimum Gasteiger partial charge on any atom is -0.360 e. The molecular weight excluding hydrogens is 564 g/mol. The van der Waals surface area contributed by atoms with Gasteiger partial charge in [0.05, 0.1) is 0 Å². The zero-order valence-corrected chi connectivity index (χ0v) is 29.0. The van der Waals surface area contributed by atoms with E-state index in [1.165, 1.54) is 103 Å². The van der Waals surface area contributed by atoms with E-state index in [1.54, 1.807) is 12.1 Å². The van der Waals surface area contributed by atoms with Crippen molar-refractivity contribution in [2.75, 3.05) is 26.7 Å². The monoisotopic (exact) mass is 628 g/mol. The lowest BCUT2D eigenvalue weighted by Crippen LogP contribution is -2.67. The van der Waals surface area contributed by atoms with Gasteiger partial charge in [-0.05, 0) is 24.8 Å². The molecule has 1 aliphatic heterocycles. The number of carbonyl (C=O) groups is 3. The maximum Gasteiger partial charge on any atom is 0.337 e. The molecule has 45 heavy (non-hydrogen) atoms. The van der Waals surface area contributed by atoms with E-state index in [9.17, 15) is 14.4 Å². The van der Waals surface area contributed by atoms with Crippen LogP contribution in [0.5, 0.6) is 0 Å².